The number of hydrogen-bond acceptors (Lipinski definition) is 5. The highest BCUT2D eigenvalue weighted by Gasteiger charge is 2.31. The van der Waals surface area contributed by atoms with Gasteiger partial charge in [-0.25, -0.2) is 0 Å². The maximum Gasteiger partial charge on any atom is 0.237 e. The standard InChI is InChI=1S/C12H10ClN3O2/c13-8-4-2-6-14-10(8)11-15-12(18-16-11)7-3-1-5-9(7)17/h2,4,6-7H,1,3,5H2. The predicted molar refractivity (Wildman–Crippen MR) is 64.1 cm³/mol. The van der Waals surface area contributed by atoms with Crippen LogP contribution in [-0.4, -0.2) is 20.9 Å². The van der Waals surface area contributed by atoms with Crippen molar-refractivity contribution in [2.24, 2.45) is 0 Å². The van der Waals surface area contributed by atoms with Crippen LogP contribution in [0.3, 0.4) is 0 Å². The molecule has 0 bridgehead atoms. The van der Waals surface area contributed by atoms with E-state index in [-0.39, 0.29) is 11.7 Å². The fraction of sp³-hybridized carbons (Fsp3) is 0.333. The molecule has 3 rings (SSSR count). The lowest BCUT2D eigenvalue weighted by molar-refractivity contribution is -0.119. The minimum Gasteiger partial charge on any atom is -0.338 e. The van der Waals surface area contributed by atoms with E-state index in [9.17, 15) is 4.79 Å². The van der Waals surface area contributed by atoms with Gasteiger partial charge in [-0.3, -0.25) is 9.78 Å². The summed E-state index contributed by atoms with van der Waals surface area (Å²) in [6.45, 7) is 0. The van der Waals surface area contributed by atoms with Gasteiger partial charge in [-0.05, 0) is 25.0 Å². The van der Waals surface area contributed by atoms with Crippen molar-refractivity contribution < 1.29 is 9.32 Å². The second-order valence-corrected chi connectivity index (χ2v) is 4.61. The zero-order valence-electron chi connectivity index (χ0n) is 9.47. The normalized spacial score (nSPS) is 19.4. The molecule has 0 N–H and O–H groups in total. The molecule has 0 amide bonds. The minimum absolute atomic E-state index is 0.164. The van der Waals surface area contributed by atoms with E-state index in [0.29, 0.717) is 28.9 Å². The first-order valence-corrected chi connectivity index (χ1v) is 6.10. The summed E-state index contributed by atoms with van der Waals surface area (Å²) in [4.78, 5) is 20.0. The summed E-state index contributed by atoms with van der Waals surface area (Å²) in [5.74, 6) is 0.607. The van der Waals surface area contributed by atoms with Crippen LogP contribution in [0.2, 0.25) is 5.02 Å². The van der Waals surface area contributed by atoms with Crippen molar-refractivity contribution in [3.63, 3.8) is 0 Å². The third kappa shape index (κ3) is 1.90. The van der Waals surface area contributed by atoms with Crippen LogP contribution >= 0.6 is 11.6 Å². The number of carbonyl (C=O) groups excluding carboxylic acids is 1. The lowest BCUT2D eigenvalue weighted by Gasteiger charge is -1.98. The first kappa shape index (κ1) is 11.3. The Morgan fingerprint density at radius 3 is 3.06 bits per heavy atom. The summed E-state index contributed by atoms with van der Waals surface area (Å²) in [6, 6.07) is 3.44. The zero-order chi connectivity index (χ0) is 12.5. The number of pyridine rings is 1. The summed E-state index contributed by atoms with van der Waals surface area (Å²) in [6.07, 6.45) is 3.85. The summed E-state index contributed by atoms with van der Waals surface area (Å²) < 4.78 is 5.15. The molecule has 0 spiro atoms. The molecular formula is C12H10ClN3O2. The number of halogens is 1. The van der Waals surface area contributed by atoms with Gasteiger partial charge < -0.3 is 4.52 Å². The van der Waals surface area contributed by atoms with E-state index in [2.05, 4.69) is 15.1 Å². The van der Waals surface area contributed by atoms with Crippen LogP contribution in [0.5, 0.6) is 0 Å². The molecule has 2 heterocycles. The van der Waals surface area contributed by atoms with Crippen molar-refractivity contribution in [3.05, 3.63) is 29.2 Å². The number of carbonyl (C=O) groups is 1. The van der Waals surface area contributed by atoms with Crippen LogP contribution < -0.4 is 0 Å². The monoisotopic (exact) mass is 263 g/mol. The predicted octanol–water partition coefficient (Wildman–Crippen LogP) is 2.62. The summed E-state index contributed by atoms with van der Waals surface area (Å²) in [7, 11) is 0. The second-order valence-electron chi connectivity index (χ2n) is 4.20. The summed E-state index contributed by atoms with van der Waals surface area (Å²) in [5, 5.41) is 4.30. The van der Waals surface area contributed by atoms with E-state index >= 15 is 0 Å². The van der Waals surface area contributed by atoms with E-state index in [1.165, 1.54) is 0 Å². The van der Waals surface area contributed by atoms with Crippen LogP contribution in [0.4, 0.5) is 0 Å². The molecule has 92 valence electrons. The molecule has 0 aromatic carbocycles. The van der Waals surface area contributed by atoms with E-state index in [1.54, 1.807) is 18.3 Å². The van der Waals surface area contributed by atoms with Crippen molar-refractivity contribution in [1.82, 2.24) is 15.1 Å². The molecule has 1 fully saturated rings. The molecule has 1 saturated carbocycles. The number of Topliss-reactive ketones (excluding diaryl/α,β-unsaturated/α-hetero) is 1. The van der Waals surface area contributed by atoms with Gasteiger partial charge in [-0.2, -0.15) is 4.98 Å². The largest absolute Gasteiger partial charge is 0.338 e. The Morgan fingerprint density at radius 1 is 1.44 bits per heavy atom. The van der Waals surface area contributed by atoms with Crippen LogP contribution in [-0.2, 0) is 4.79 Å². The Morgan fingerprint density at radius 2 is 2.33 bits per heavy atom. The molecule has 2 aromatic heterocycles. The maximum absolute atomic E-state index is 11.6. The molecule has 0 saturated heterocycles. The van der Waals surface area contributed by atoms with Crippen molar-refractivity contribution >= 4 is 17.4 Å². The Hall–Kier alpha value is -1.75. The van der Waals surface area contributed by atoms with Gasteiger partial charge in [0.2, 0.25) is 11.7 Å². The first-order valence-electron chi connectivity index (χ1n) is 5.73. The molecule has 0 radical (unpaired) electrons. The number of rotatable bonds is 2. The van der Waals surface area contributed by atoms with Gasteiger partial charge in [0.15, 0.2) is 0 Å². The van der Waals surface area contributed by atoms with Crippen LogP contribution in [0.1, 0.15) is 31.1 Å². The maximum atomic E-state index is 11.6. The van der Waals surface area contributed by atoms with Crippen LogP contribution in [0.15, 0.2) is 22.9 Å². The number of ketones is 1. The highest BCUT2D eigenvalue weighted by molar-refractivity contribution is 6.32. The zero-order valence-corrected chi connectivity index (χ0v) is 10.2. The van der Waals surface area contributed by atoms with E-state index in [1.807, 2.05) is 0 Å². The average Bonchev–Trinajstić information content (AvgIpc) is 2.98. The number of aromatic nitrogens is 3. The van der Waals surface area contributed by atoms with Gasteiger partial charge in [0.25, 0.3) is 0 Å². The van der Waals surface area contributed by atoms with E-state index < -0.39 is 0 Å². The lowest BCUT2D eigenvalue weighted by Crippen LogP contribution is -2.04. The van der Waals surface area contributed by atoms with Gasteiger partial charge in [-0.15, -0.1) is 0 Å². The fourth-order valence-corrected chi connectivity index (χ4v) is 2.31. The minimum atomic E-state index is -0.256. The first-order chi connectivity index (χ1) is 8.75. The molecule has 2 aromatic rings. The summed E-state index contributed by atoms with van der Waals surface area (Å²) >= 11 is 6.01. The molecular weight excluding hydrogens is 254 g/mol. The summed E-state index contributed by atoms with van der Waals surface area (Å²) in [5.41, 5.74) is 0.472. The Labute approximate surface area is 108 Å². The molecule has 0 aliphatic heterocycles. The highest BCUT2D eigenvalue weighted by atomic mass is 35.5. The van der Waals surface area contributed by atoms with E-state index in [4.69, 9.17) is 16.1 Å². The van der Waals surface area contributed by atoms with Crippen molar-refractivity contribution in [1.29, 1.82) is 0 Å². The Balaban J connectivity index is 1.95. The Kier molecular flexibility index (Phi) is 2.83. The van der Waals surface area contributed by atoms with Gasteiger partial charge in [-0.1, -0.05) is 16.8 Å². The SMILES string of the molecule is O=C1CCCC1c1nc(-c2ncccc2Cl)no1. The molecule has 1 aliphatic carbocycles. The third-order valence-electron chi connectivity index (χ3n) is 3.01. The number of nitrogens with zero attached hydrogens (tertiary/aromatic N) is 3. The second kappa shape index (κ2) is 4.49. The average molecular weight is 264 g/mol. The molecule has 1 atom stereocenters. The van der Waals surface area contributed by atoms with Crippen molar-refractivity contribution in [2.45, 2.75) is 25.2 Å². The third-order valence-corrected chi connectivity index (χ3v) is 3.32. The van der Waals surface area contributed by atoms with Crippen LogP contribution in [0.25, 0.3) is 11.5 Å². The smallest absolute Gasteiger partial charge is 0.237 e. The fourth-order valence-electron chi connectivity index (χ4n) is 2.10. The van der Waals surface area contributed by atoms with Gasteiger partial charge in [0, 0.05) is 12.6 Å². The number of hydrogen-bond donors (Lipinski definition) is 0. The Bertz CT molecular complexity index is 597. The topological polar surface area (TPSA) is 68.9 Å². The molecule has 1 unspecified atom stereocenters. The highest BCUT2D eigenvalue weighted by Crippen LogP contribution is 2.31. The molecule has 1 aliphatic rings. The molecule has 6 heteroatoms. The molecule has 18 heavy (non-hydrogen) atoms. The molecule has 5 nitrogen and oxygen atoms in total. The van der Waals surface area contributed by atoms with Crippen molar-refractivity contribution in [3.8, 4) is 11.5 Å². The van der Waals surface area contributed by atoms with Crippen LogP contribution in [0, 0.1) is 0 Å². The lowest BCUT2D eigenvalue weighted by atomic mass is 10.1. The van der Waals surface area contributed by atoms with Crippen molar-refractivity contribution in [2.75, 3.05) is 0 Å². The van der Waals surface area contributed by atoms with Gasteiger partial charge in [0.05, 0.1) is 10.9 Å². The quantitative estimate of drug-likeness (QED) is 0.833. The van der Waals surface area contributed by atoms with Gasteiger partial charge >= 0.3 is 0 Å². The van der Waals surface area contributed by atoms with Gasteiger partial charge in [0.1, 0.15) is 11.5 Å². The van der Waals surface area contributed by atoms with E-state index in [0.717, 1.165) is 12.8 Å².